The molecule has 1 aliphatic rings. The Morgan fingerprint density at radius 2 is 1.45 bits per heavy atom. The summed E-state index contributed by atoms with van der Waals surface area (Å²) in [6, 6.07) is 11.7. The number of amides is 5. The number of aliphatic hydroxyl groups excluding tert-OH is 1. The number of ether oxygens (including phenoxy) is 1. The molecule has 0 aromatic heterocycles. The summed E-state index contributed by atoms with van der Waals surface area (Å²) in [6.45, 7) is 9.72. The number of hydrogen-bond donors (Lipinski definition) is 6. The van der Waals surface area contributed by atoms with Crippen molar-refractivity contribution in [3.63, 3.8) is 0 Å². The Morgan fingerprint density at radius 3 is 2.05 bits per heavy atom. The molecule has 0 heterocycles. The maximum absolute atomic E-state index is 14.1. The minimum atomic E-state index is -1.27. The molecule has 0 saturated heterocycles. The molecule has 13 nitrogen and oxygen atoms in total. The van der Waals surface area contributed by atoms with Crippen molar-refractivity contribution in [2.75, 3.05) is 32.8 Å². The average molecular weight is 761 g/mol. The van der Waals surface area contributed by atoms with E-state index in [9.17, 15) is 29.1 Å². The number of hydrogen-bond acceptors (Lipinski definition) is 8. The van der Waals surface area contributed by atoms with Gasteiger partial charge in [0, 0.05) is 5.56 Å². The maximum atomic E-state index is 14.1. The van der Waals surface area contributed by atoms with Gasteiger partial charge in [-0.05, 0) is 100.0 Å². The predicted octanol–water partition coefficient (Wildman–Crippen LogP) is 3.52. The second-order valence-corrected chi connectivity index (χ2v) is 14.1. The Hall–Kier alpha value is -4.93. The molecule has 5 atom stereocenters. The largest absolute Gasteiger partial charge is 0.457 e. The van der Waals surface area contributed by atoms with Gasteiger partial charge in [0.05, 0.1) is 13.2 Å². The van der Waals surface area contributed by atoms with E-state index in [-0.39, 0.29) is 24.8 Å². The fourth-order valence-electron chi connectivity index (χ4n) is 6.64. The fraction of sp³-hybridized carbons (Fsp3) is 0.548. The molecule has 5 amide bonds. The van der Waals surface area contributed by atoms with E-state index in [1.165, 1.54) is 0 Å². The number of para-hydroxylation sites is 1. The lowest BCUT2D eigenvalue weighted by molar-refractivity contribution is -0.135. The summed E-state index contributed by atoms with van der Waals surface area (Å²) >= 11 is 0. The molecule has 3 rings (SSSR count). The monoisotopic (exact) mass is 760 g/mol. The van der Waals surface area contributed by atoms with Crippen LogP contribution in [0, 0.1) is 24.2 Å². The lowest BCUT2D eigenvalue weighted by Crippen LogP contribution is -2.60. The molecule has 13 heteroatoms. The molecule has 1 aliphatic carbocycles. The highest BCUT2D eigenvalue weighted by molar-refractivity contribution is 5.99. The zero-order valence-electron chi connectivity index (χ0n) is 32.8. The molecule has 0 bridgehead atoms. The molecule has 1 saturated carbocycles. The van der Waals surface area contributed by atoms with Crippen LogP contribution in [0.3, 0.4) is 0 Å². The Kier molecular flexibility index (Phi) is 19.2. The second kappa shape index (κ2) is 23.8. The van der Waals surface area contributed by atoms with E-state index in [4.69, 9.17) is 11.2 Å². The molecule has 1 fully saturated rings. The van der Waals surface area contributed by atoms with E-state index in [1.54, 1.807) is 24.3 Å². The molecule has 0 spiro atoms. The van der Waals surface area contributed by atoms with Gasteiger partial charge < -0.3 is 41.3 Å². The molecule has 0 radical (unpaired) electrons. The third kappa shape index (κ3) is 14.3. The summed E-state index contributed by atoms with van der Waals surface area (Å²) < 4.78 is 5.85. The lowest BCUT2D eigenvalue weighted by atomic mass is 9.93. The van der Waals surface area contributed by atoms with Crippen LogP contribution in [-0.2, 0) is 19.2 Å². The van der Waals surface area contributed by atoms with Gasteiger partial charge in [0.2, 0.25) is 23.6 Å². The van der Waals surface area contributed by atoms with Gasteiger partial charge in [-0.25, -0.2) is 0 Å². The number of benzene rings is 2. The van der Waals surface area contributed by atoms with Gasteiger partial charge in [0.15, 0.2) is 0 Å². The number of carbonyl (C=O) groups is 5. The molecular weight excluding hydrogens is 700 g/mol. The molecule has 0 unspecified atom stereocenters. The van der Waals surface area contributed by atoms with Crippen molar-refractivity contribution in [2.24, 2.45) is 11.8 Å². The van der Waals surface area contributed by atoms with Crippen LogP contribution in [0.25, 0.3) is 0 Å². The summed E-state index contributed by atoms with van der Waals surface area (Å²) in [5.74, 6) is 0.306. The third-order valence-electron chi connectivity index (χ3n) is 10.3. The Labute approximate surface area is 326 Å². The highest BCUT2D eigenvalue weighted by Crippen LogP contribution is 2.29. The second-order valence-electron chi connectivity index (χ2n) is 14.1. The number of unbranched alkanes of at least 4 members (excludes halogenated alkanes) is 1. The summed E-state index contributed by atoms with van der Waals surface area (Å²) in [5.41, 5.74) is 0.358. The normalized spacial score (nSPS) is 15.4. The van der Waals surface area contributed by atoms with Crippen molar-refractivity contribution in [1.82, 2.24) is 31.5 Å². The number of terminal acetylenes is 1. The van der Waals surface area contributed by atoms with Crippen molar-refractivity contribution in [3.8, 4) is 23.8 Å². The highest BCUT2D eigenvalue weighted by atomic mass is 16.5. The van der Waals surface area contributed by atoms with E-state index >= 15 is 0 Å². The number of carbonyl (C=O) groups excluding carboxylic acids is 5. The zero-order chi connectivity index (χ0) is 40.2. The minimum Gasteiger partial charge on any atom is -0.457 e. The van der Waals surface area contributed by atoms with Gasteiger partial charge in [0.1, 0.15) is 35.7 Å². The fourth-order valence-corrected chi connectivity index (χ4v) is 6.64. The van der Waals surface area contributed by atoms with Crippen molar-refractivity contribution < 1.29 is 33.8 Å². The van der Waals surface area contributed by atoms with Crippen LogP contribution in [0.1, 0.15) is 89.4 Å². The van der Waals surface area contributed by atoms with Gasteiger partial charge in [-0.3, -0.25) is 24.0 Å². The summed E-state index contributed by atoms with van der Waals surface area (Å²) in [7, 11) is 0. The molecule has 6 N–H and O–H groups in total. The number of rotatable bonds is 23. The first kappa shape index (κ1) is 44.5. The van der Waals surface area contributed by atoms with Crippen LogP contribution in [0.4, 0.5) is 0 Å². The molecule has 0 aliphatic heterocycles. The smallest absolute Gasteiger partial charge is 0.251 e. The first-order valence-corrected chi connectivity index (χ1v) is 19.6. The quantitative estimate of drug-likeness (QED) is 0.0737. The topological polar surface area (TPSA) is 178 Å². The molecule has 2 aromatic rings. The average Bonchev–Trinajstić information content (AvgIpc) is 3.74. The van der Waals surface area contributed by atoms with Gasteiger partial charge in [-0.15, -0.1) is 6.42 Å². The highest BCUT2D eigenvalue weighted by Gasteiger charge is 2.37. The van der Waals surface area contributed by atoms with Crippen molar-refractivity contribution in [2.45, 2.75) is 103 Å². The molecule has 55 heavy (non-hydrogen) atoms. The van der Waals surface area contributed by atoms with Crippen LogP contribution < -0.4 is 31.3 Å². The SMILES string of the molecule is C#CCNC(=O)[C@H](CO)NC(=O)[C@H](CCCCN(CC)CC)NC(=O)[C@@H](NC(=O)[C@@H](NC(=O)c1ccc(Oc2ccccc2)cc1)C1CCCC1)[C@@H](C)CC. The van der Waals surface area contributed by atoms with Crippen LogP contribution in [0.2, 0.25) is 0 Å². The van der Waals surface area contributed by atoms with Crippen LogP contribution in [0.15, 0.2) is 54.6 Å². The maximum Gasteiger partial charge on any atom is 0.251 e. The van der Waals surface area contributed by atoms with Gasteiger partial charge in [-0.2, -0.15) is 0 Å². The summed E-state index contributed by atoms with van der Waals surface area (Å²) in [6.07, 6.45) is 10.8. The van der Waals surface area contributed by atoms with Crippen molar-refractivity contribution >= 4 is 29.5 Å². The zero-order valence-corrected chi connectivity index (χ0v) is 32.8. The van der Waals surface area contributed by atoms with E-state index < -0.39 is 60.3 Å². The number of nitrogens with one attached hydrogen (secondary N) is 5. The number of nitrogens with zero attached hydrogens (tertiary/aromatic N) is 1. The number of aliphatic hydroxyl groups is 1. The van der Waals surface area contributed by atoms with E-state index in [0.29, 0.717) is 29.9 Å². The van der Waals surface area contributed by atoms with Crippen LogP contribution in [-0.4, -0.2) is 96.5 Å². The summed E-state index contributed by atoms with van der Waals surface area (Å²) in [4.78, 5) is 70.0. The van der Waals surface area contributed by atoms with Crippen molar-refractivity contribution in [3.05, 3.63) is 60.2 Å². The van der Waals surface area contributed by atoms with E-state index in [1.807, 2.05) is 44.2 Å². The van der Waals surface area contributed by atoms with Crippen molar-refractivity contribution in [1.29, 1.82) is 0 Å². The Bertz CT molecular complexity index is 1550. The standard InChI is InChI=1S/C42H60N6O7/c1-6-26-43-39(51)35(28-49)45-40(52)34(21-15-16-27-48(8-3)9-4)44-41(53)36(29(5)7-2)46-42(54)37(30-17-13-14-18-30)47-38(50)31-22-24-33(25-23-31)55-32-19-11-10-12-20-32/h1,10-12,19-20,22-25,29-30,34-37,49H,7-9,13-18,21,26-28H2,2-5H3,(H,43,51)(H,44,53)(H,45,52)(H,46,54)(H,47,50)/t29-,34-,35-,36-,37-/m0/s1. The van der Waals surface area contributed by atoms with Crippen LogP contribution in [0.5, 0.6) is 11.5 Å². The van der Waals surface area contributed by atoms with Crippen LogP contribution >= 0.6 is 0 Å². The first-order chi connectivity index (χ1) is 26.5. The van der Waals surface area contributed by atoms with Gasteiger partial charge in [0.25, 0.3) is 5.91 Å². The Morgan fingerprint density at radius 1 is 0.818 bits per heavy atom. The lowest BCUT2D eigenvalue weighted by Gasteiger charge is -2.30. The first-order valence-electron chi connectivity index (χ1n) is 19.6. The molecular formula is C42H60N6O7. The predicted molar refractivity (Wildman–Crippen MR) is 212 cm³/mol. The minimum absolute atomic E-state index is 0.0781. The van der Waals surface area contributed by atoms with Gasteiger partial charge >= 0.3 is 0 Å². The van der Waals surface area contributed by atoms with E-state index in [0.717, 1.165) is 51.7 Å². The molecule has 2 aromatic carbocycles. The van der Waals surface area contributed by atoms with Gasteiger partial charge in [-0.1, -0.05) is 71.1 Å². The van der Waals surface area contributed by atoms with E-state index in [2.05, 4.69) is 51.3 Å². The summed E-state index contributed by atoms with van der Waals surface area (Å²) in [5, 5.41) is 23.6. The molecule has 300 valence electrons. The Balaban J connectivity index is 1.77. The third-order valence-corrected chi connectivity index (χ3v) is 10.3.